The first-order valence-electron chi connectivity index (χ1n) is 11.6. The van der Waals surface area contributed by atoms with Crippen molar-refractivity contribution < 1.29 is 28.8 Å². The summed E-state index contributed by atoms with van der Waals surface area (Å²) in [6, 6.07) is 15.1. The van der Waals surface area contributed by atoms with Crippen LogP contribution in [0.4, 0.5) is 21.0 Å². The number of amides is 2. The average molecular weight is 485 g/mol. The minimum absolute atomic E-state index is 0.0518. The maximum Gasteiger partial charge on any atom is 0.410 e. The van der Waals surface area contributed by atoms with E-state index in [9.17, 15) is 24.8 Å². The van der Waals surface area contributed by atoms with Gasteiger partial charge in [-0.1, -0.05) is 42.5 Å². The lowest BCUT2D eigenvalue weighted by Gasteiger charge is -2.48. The lowest BCUT2D eigenvalue weighted by molar-refractivity contribution is -0.895. The van der Waals surface area contributed by atoms with Crippen LogP contribution in [-0.4, -0.2) is 64.3 Å². The average Bonchev–Trinajstić information content (AvgIpc) is 2.79. The Bertz CT molecular complexity index is 1060. The van der Waals surface area contributed by atoms with Crippen LogP contribution in [0.5, 0.6) is 0 Å². The van der Waals surface area contributed by atoms with Crippen LogP contribution in [0.25, 0.3) is 0 Å². The number of carbonyl (C=O) groups is 2. The number of para-hydroxylation sites is 2. The maximum atomic E-state index is 13.0. The number of ether oxygens (including phenoxy) is 1. The van der Waals surface area contributed by atoms with E-state index in [2.05, 4.69) is 5.32 Å². The van der Waals surface area contributed by atoms with E-state index < -0.39 is 28.8 Å². The Morgan fingerprint density at radius 1 is 1.14 bits per heavy atom. The summed E-state index contributed by atoms with van der Waals surface area (Å²) in [5.74, 6) is 0. The molecule has 1 aliphatic rings. The van der Waals surface area contributed by atoms with Gasteiger partial charge in [-0.15, -0.1) is 0 Å². The first kappa shape index (κ1) is 26.0. The number of nitro groups is 1. The highest BCUT2D eigenvalue weighted by Gasteiger charge is 2.43. The van der Waals surface area contributed by atoms with Crippen molar-refractivity contribution in [1.82, 2.24) is 4.90 Å². The largest absolute Gasteiger partial charge is 0.498 e. The number of hydrogen-bond donors (Lipinski definition) is 1. The number of anilines is 1. The van der Waals surface area contributed by atoms with Gasteiger partial charge in [0.15, 0.2) is 0 Å². The Balaban J connectivity index is 1.81. The lowest BCUT2D eigenvalue weighted by atomic mass is 10.0. The Morgan fingerprint density at radius 3 is 2.43 bits per heavy atom. The molecule has 2 atom stereocenters. The summed E-state index contributed by atoms with van der Waals surface area (Å²) in [5.41, 5.74) is 0.470. The molecular formula is C25H32N4O6. The molecule has 0 aliphatic carbocycles. The van der Waals surface area contributed by atoms with Crippen molar-refractivity contribution in [3.05, 3.63) is 70.3 Å². The number of piperazine rings is 1. The molecule has 10 heteroatoms. The normalized spacial score (nSPS) is 20.2. The summed E-state index contributed by atoms with van der Waals surface area (Å²) in [6.45, 7) is 6.36. The van der Waals surface area contributed by atoms with Gasteiger partial charge in [0.05, 0.1) is 17.5 Å². The molecule has 0 radical (unpaired) electrons. The van der Waals surface area contributed by atoms with Crippen LogP contribution in [-0.2, 0) is 11.3 Å². The van der Waals surface area contributed by atoms with E-state index in [1.165, 1.54) is 6.07 Å². The Labute approximate surface area is 204 Å². The predicted octanol–water partition coefficient (Wildman–Crippen LogP) is 3.38. The van der Waals surface area contributed by atoms with Gasteiger partial charge in [0, 0.05) is 18.2 Å². The third-order valence-electron chi connectivity index (χ3n) is 6.01. The van der Waals surface area contributed by atoms with E-state index in [4.69, 9.17) is 4.74 Å². The van der Waals surface area contributed by atoms with Gasteiger partial charge in [-0.25, -0.2) is 4.79 Å². The Morgan fingerprint density at radius 2 is 1.80 bits per heavy atom. The molecule has 1 heterocycles. The summed E-state index contributed by atoms with van der Waals surface area (Å²) in [5, 5.41) is 26.8. The molecule has 1 saturated heterocycles. The summed E-state index contributed by atoms with van der Waals surface area (Å²) in [4.78, 5) is 37.8. The molecule has 1 N–H and O–H groups in total. The van der Waals surface area contributed by atoms with Crippen molar-refractivity contribution in [2.24, 2.45) is 0 Å². The van der Waals surface area contributed by atoms with E-state index in [0.717, 1.165) is 5.56 Å². The van der Waals surface area contributed by atoms with Gasteiger partial charge in [-0.05, 0) is 33.3 Å². The molecule has 2 amide bonds. The fraction of sp³-hybridized carbons (Fsp3) is 0.440. The number of benzene rings is 2. The Hall–Kier alpha value is -3.66. The molecule has 0 saturated carbocycles. The zero-order chi connectivity index (χ0) is 25.6. The molecule has 0 spiro atoms. The summed E-state index contributed by atoms with van der Waals surface area (Å²) in [7, 11) is 0. The quantitative estimate of drug-likeness (QED) is 0.363. The van der Waals surface area contributed by atoms with Gasteiger partial charge < -0.3 is 20.0 Å². The molecule has 1 aliphatic heterocycles. The molecule has 3 rings (SSSR count). The molecule has 10 nitrogen and oxygen atoms in total. The number of nitrogens with zero attached hydrogens (tertiary/aromatic N) is 3. The first-order chi connectivity index (χ1) is 16.5. The number of nitrogens with one attached hydrogen (secondary N) is 1. The van der Waals surface area contributed by atoms with Crippen LogP contribution < -0.4 is 10.4 Å². The number of carbonyl (C=O) groups excluding carboxylic acids is 2. The van der Waals surface area contributed by atoms with Crippen molar-refractivity contribution in [3.63, 3.8) is 0 Å². The minimum atomic E-state index is -1.20. The van der Waals surface area contributed by atoms with E-state index in [-0.39, 0.29) is 36.3 Å². The number of quaternary nitrogens is 1. The van der Waals surface area contributed by atoms with Crippen molar-refractivity contribution in [2.75, 3.05) is 31.5 Å². The summed E-state index contributed by atoms with van der Waals surface area (Å²) >= 11 is 0. The summed E-state index contributed by atoms with van der Waals surface area (Å²) < 4.78 is 5.26. The number of nitro benzene ring substituents is 1. The second kappa shape index (κ2) is 10.7. The molecule has 1 unspecified atom stereocenters. The zero-order valence-electron chi connectivity index (χ0n) is 20.3. The zero-order valence-corrected chi connectivity index (χ0v) is 20.3. The topological polar surface area (TPSA) is 125 Å². The SMILES string of the molecule is CC(C)(C)OC(=O)N1CC[N+](Cc2ccccc2)(C(=O)[O-])C[C@H]1CCNc1ccccc1[N+](=O)[O-]. The third kappa shape index (κ3) is 6.69. The van der Waals surface area contributed by atoms with Crippen LogP contribution in [0.1, 0.15) is 32.8 Å². The van der Waals surface area contributed by atoms with Gasteiger partial charge >= 0.3 is 6.09 Å². The highest BCUT2D eigenvalue weighted by Crippen LogP contribution is 2.27. The Kier molecular flexibility index (Phi) is 7.96. The van der Waals surface area contributed by atoms with E-state index >= 15 is 0 Å². The molecule has 188 valence electrons. The van der Waals surface area contributed by atoms with Gasteiger partial charge in [0.1, 0.15) is 30.9 Å². The highest BCUT2D eigenvalue weighted by molar-refractivity contribution is 5.69. The molecule has 2 aromatic rings. The maximum absolute atomic E-state index is 13.0. The van der Waals surface area contributed by atoms with Crippen molar-refractivity contribution in [3.8, 4) is 0 Å². The summed E-state index contributed by atoms with van der Waals surface area (Å²) in [6.07, 6.45) is -1.34. The predicted molar refractivity (Wildman–Crippen MR) is 128 cm³/mol. The fourth-order valence-corrected chi connectivity index (χ4v) is 4.35. The lowest BCUT2D eigenvalue weighted by Crippen LogP contribution is -2.69. The molecule has 2 aromatic carbocycles. The second-order valence-corrected chi connectivity index (χ2v) is 9.78. The third-order valence-corrected chi connectivity index (χ3v) is 6.01. The fourth-order valence-electron chi connectivity index (χ4n) is 4.35. The number of hydrogen-bond acceptors (Lipinski definition) is 7. The van der Waals surface area contributed by atoms with Crippen molar-refractivity contribution >= 4 is 23.6 Å². The van der Waals surface area contributed by atoms with Gasteiger partial charge in [-0.2, -0.15) is 0 Å². The van der Waals surface area contributed by atoms with Crippen molar-refractivity contribution in [1.29, 1.82) is 0 Å². The standard InChI is InChI=1S/C25H32N4O6/c1-25(2,3)35-23(30)27-15-16-29(24(31)32,17-19-9-5-4-6-10-19)18-20(27)13-14-26-21-11-7-8-12-22(21)28(33)34/h4-12,20,26H,13-18H2,1-3H3/t20-,29?/m1/s1. The van der Waals surface area contributed by atoms with Crippen LogP contribution in [0, 0.1) is 10.1 Å². The van der Waals surface area contributed by atoms with Crippen LogP contribution in [0.15, 0.2) is 54.6 Å². The molecule has 35 heavy (non-hydrogen) atoms. The minimum Gasteiger partial charge on any atom is -0.498 e. The van der Waals surface area contributed by atoms with Crippen molar-refractivity contribution in [2.45, 2.75) is 45.4 Å². The molecule has 1 fully saturated rings. The van der Waals surface area contributed by atoms with E-state index in [1.54, 1.807) is 43.9 Å². The monoisotopic (exact) mass is 484 g/mol. The van der Waals surface area contributed by atoms with Crippen LogP contribution in [0.3, 0.4) is 0 Å². The van der Waals surface area contributed by atoms with Gasteiger partial charge in [0.25, 0.3) is 11.8 Å². The van der Waals surface area contributed by atoms with Gasteiger partial charge in [0.2, 0.25) is 0 Å². The van der Waals surface area contributed by atoms with Crippen LogP contribution >= 0.6 is 0 Å². The smallest absolute Gasteiger partial charge is 0.410 e. The number of rotatable bonds is 7. The van der Waals surface area contributed by atoms with E-state index in [0.29, 0.717) is 18.7 Å². The van der Waals surface area contributed by atoms with Gasteiger partial charge in [-0.3, -0.25) is 19.5 Å². The molecular weight excluding hydrogens is 452 g/mol. The first-order valence-corrected chi connectivity index (χ1v) is 11.6. The second-order valence-electron chi connectivity index (χ2n) is 9.78. The highest BCUT2D eigenvalue weighted by atomic mass is 16.6. The molecule has 0 aromatic heterocycles. The van der Waals surface area contributed by atoms with Crippen LogP contribution in [0.2, 0.25) is 0 Å². The van der Waals surface area contributed by atoms with E-state index in [1.807, 2.05) is 30.3 Å². The number of carboxylic acid groups (broad SMARTS) is 1. The molecule has 0 bridgehead atoms.